The van der Waals surface area contributed by atoms with Crippen molar-refractivity contribution in [2.24, 2.45) is 0 Å². The van der Waals surface area contributed by atoms with Crippen molar-refractivity contribution >= 4 is 53.7 Å². The Bertz CT molecular complexity index is 2720. The molecule has 0 N–H and O–H groups in total. The third-order valence-electron chi connectivity index (χ3n) is 10.5. The van der Waals surface area contributed by atoms with E-state index in [9.17, 15) is 0 Å². The molecule has 5 heteroatoms. The number of allylic oxidation sites excluding steroid dienone is 4. The first-order valence-electron chi connectivity index (χ1n) is 19.8. The maximum absolute atomic E-state index is 7.12. The summed E-state index contributed by atoms with van der Waals surface area (Å²) in [5.74, 6) is 4.79. The fourth-order valence-corrected chi connectivity index (χ4v) is 14.0. The summed E-state index contributed by atoms with van der Waals surface area (Å²) in [7, 11) is -1.57. The van der Waals surface area contributed by atoms with Crippen molar-refractivity contribution in [1.29, 1.82) is 0 Å². The van der Waals surface area contributed by atoms with Gasteiger partial charge in [-0.3, -0.25) is 11.8 Å². The average Bonchev–Trinajstić information content (AvgIpc) is 3.86. The maximum atomic E-state index is 7.12. The Balaban J connectivity index is 0.000000181. The van der Waals surface area contributed by atoms with E-state index in [0.717, 1.165) is 39.5 Å². The van der Waals surface area contributed by atoms with Gasteiger partial charge in [0.25, 0.3) is 0 Å². The van der Waals surface area contributed by atoms with Gasteiger partial charge in [-0.25, -0.2) is 0 Å². The van der Waals surface area contributed by atoms with Crippen LogP contribution in [0, 0.1) is 24.7 Å². The second kappa shape index (κ2) is 23.3. The molecule has 60 heavy (non-hydrogen) atoms. The third kappa shape index (κ3) is 11.3. The van der Waals surface area contributed by atoms with Crippen LogP contribution in [0.25, 0.3) is 33.1 Å². The van der Waals surface area contributed by atoms with E-state index in [1.54, 1.807) is 0 Å². The second-order valence-electron chi connectivity index (χ2n) is 14.1. The van der Waals surface area contributed by atoms with Crippen LogP contribution in [0.5, 0.6) is 0 Å². The summed E-state index contributed by atoms with van der Waals surface area (Å²) >= 11 is 0. The number of hydrogen-bond donors (Lipinski definition) is 0. The van der Waals surface area contributed by atoms with Crippen molar-refractivity contribution in [3.63, 3.8) is 0 Å². The molecule has 0 spiro atoms. The van der Waals surface area contributed by atoms with Crippen molar-refractivity contribution < 1.29 is 49.2 Å². The molecule has 1 nitrogen and oxygen atoms in total. The Kier molecular flexibility index (Phi) is 18.0. The molecule has 9 rings (SSSR count). The van der Waals surface area contributed by atoms with Crippen molar-refractivity contribution in [2.45, 2.75) is 20.3 Å². The van der Waals surface area contributed by atoms with Gasteiger partial charge in [-0.15, -0.1) is 29.3 Å². The Hall–Kier alpha value is -4.72. The molecule has 0 amide bonds. The molecule has 8 aromatic rings. The van der Waals surface area contributed by atoms with Gasteiger partial charge in [-0.2, -0.15) is 0 Å². The molecule has 1 aliphatic rings. The average molecular weight is 1180 g/mol. The van der Waals surface area contributed by atoms with Crippen LogP contribution in [-0.4, -0.2) is 12.3 Å². The van der Waals surface area contributed by atoms with Crippen LogP contribution in [0.15, 0.2) is 204 Å². The molecule has 0 radical (unpaired) electrons. The molecule has 0 bridgehead atoms. The fraction of sp³-hybridized carbons (Fsp3) is 0.0909. The zero-order chi connectivity index (χ0) is 40.1. The summed E-state index contributed by atoms with van der Waals surface area (Å²) in [6.07, 6.45) is 24.5. The zero-order valence-corrected chi connectivity index (χ0v) is 39.9. The van der Waals surface area contributed by atoms with Crippen molar-refractivity contribution in [2.75, 3.05) is 12.3 Å². The van der Waals surface area contributed by atoms with Crippen LogP contribution >= 0.6 is 15.8 Å². The zero-order valence-electron chi connectivity index (χ0n) is 33.6. The number of hydrogen-bond acceptors (Lipinski definition) is 1. The minimum Gasteiger partial charge on any atom is -0.458 e. The minimum absolute atomic E-state index is 0. The minimum atomic E-state index is -0.783. The molecule has 1 atom stereocenters. The Labute approximate surface area is 390 Å². The summed E-state index contributed by atoms with van der Waals surface area (Å²) < 4.78 is 5.67. The standard InChI is InChI=1S/C26H28P2.C15H9.C14H7O.2Au/c1-3-14-23(4-2)27(24-15-8-5-9-16-24)21-22-28(25-17-10-6-11-18-25)26-19-12-7-13-20-26;1-2-11-7-8-15-13(9-11)10-12-5-3-4-6-14(12)15;1-2-10-7-8-12-11-5-3-4-6-13(11)15-14(12)9-10;;/h3-20H,21-22H2,1-2H3;3-9H,10H2;3-9H;;/q;2*-1;2*+1/p+2/b14-3-,23-4+;;;;. The SMILES string of the molecule is C/C=C\C(=C/C)[PH+](CC[PH+](c1ccccc1)c1ccccc1)c1ccccc1.[Au+].[Au+].[C-]#Cc1ccc2c(c1)Cc1ccccc1-2.[C-]#Cc1ccc2c(c1)oc1ccccc12. The molecule has 1 aromatic heterocycles. The normalized spacial score (nSPS) is 11.7. The second-order valence-corrected chi connectivity index (χ2v) is 19.3. The van der Waals surface area contributed by atoms with Crippen LogP contribution in [0.1, 0.15) is 36.1 Å². The van der Waals surface area contributed by atoms with Gasteiger partial charge in [0.05, 0.1) is 37.1 Å². The van der Waals surface area contributed by atoms with Gasteiger partial charge >= 0.3 is 44.8 Å². The third-order valence-corrected chi connectivity index (χ3v) is 16.7. The van der Waals surface area contributed by atoms with E-state index in [4.69, 9.17) is 17.3 Å². The molecular formula is C55H46Au2OP2+2. The summed E-state index contributed by atoms with van der Waals surface area (Å²) in [5, 5.41) is 8.26. The molecule has 7 aromatic carbocycles. The largest absolute Gasteiger partial charge is 1.00 e. The fourth-order valence-electron chi connectivity index (χ4n) is 7.66. The molecule has 302 valence electrons. The maximum Gasteiger partial charge on any atom is 1.00 e. The Morgan fingerprint density at radius 3 is 1.72 bits per heavy atom. The first-order chi connectivity index (χ1) is 28.6. The number of benzene rings is 7. The molecule has 0 saturated carbocycles. The summed E-state index contributed by atoms with van der Waals surface area (Å²) in [5.41, 5.74) is 8.64. The molecule has 0 fully saturated rings. The van der Waals surface area contributed by atoms with Gasteiger partial charge < -0.3 is 17.3 Å². The molecular weight excluding hydrogens is 1130 g/mol. The van der Waals surface area contributed by atoms with Gasteiger partial charge in [0.2, 0.25) is 0 Å². The number of fused-ring (bicyclic) bond motifs is 6. The van der Waals surface area contributed by atoms with Crippen LogP contribution in [0.2, 0.25) is 0 Å². The van der Waals surface area contributed by atoms with E-state index in [-0.39, 0.29) is 44.8 Å². The Morgan fingerprint density at radius 2 is 1.08 bits per heavy atom. The monoisotopic (exact) mass is 1180 g/mol. The van der Waals surface area contributed by atoms with Gasteiger partial charge in [0.1, 0.15) is 23.5 Å². The van der Waals surface area contributed by atoms with Crippen LogP contribution in [-0.2, 0) is 51.2 Å². The molecule has 1 aliphatic carbocycles. The Morgan fingerprint density at radius 1 is 0.550 bits per heavy atom. The van der Waals surface area contributed by atoms with Crippen LogP contribution in [0.4, 0.5) is 0 Å². The van der Waals surface area contributed by atoms with Crippen molar-refractivity contribution in [1.82, 2.24) is 0 Å². The van der Waals surface area contributed by atoms with Crippen LogP contribution in [0.3, 0.4) is 0 Å². The molecule has 0 saturated heterocycles. The van der Waals surface area contributed by atoms with Crippen molar-refractivity contribution in [3.8, 4) is 23.0 Å². The molecule has 0 aliphatic heterocycles. The predicted octanol–water partition coefficient (Wildman–Crippen LogP) is 12.6. The molecule has 1 unspecified atom stereocenters. The van der Waals surface area contributed by atoms with Gasteiger partial charge in [-0.1, -0.05) is 127 Å². The summed E-state index contributed by atoms with van der Waals surface area (Å²) in [4.78, 5) is 0. The smallest absolute Gasteiger partial charge is 0.458 e. The first-order valence-corrected chi connectivity index (χ1v) is 23.2. The summed E-state index contributed by atoms with van der Waals surface area (Å²) in [6, 6.07) is 61.6. The van der Waals surface area contributed by atoms with Gasteiger partial charge in [-0.05, 0) is 91.6 Å². The van der Waals surface area contributed by atoms with Crippen molar-refractivity contribution in [3.05, 3.63) is 235 Å². The predicted molar refractivity (Wildman–Crippen MR) is 254 cm³/mol. The van der Waals surface area contributed by atoms with E-state index < -0.39 is 15.8 Å². The summed E-state index contributed by atoms with van der Waals surface area (Å²) in [6.45, 7) is 4.31. The van der Waals surface area contributed by atoms with Gasteiger partial charge in [0.15, 0.2) is 0 Å². The van der Waals surface area contributed by atoms with Gasteiger partial charge in [0, 0.05) is 10.8 Å². The van der Waals surface area contributed by atoms with E-state index in [0.29, 0.717) is 0 Å². The number of furan rings is 1. The first kappa shape index (κ1) is 46.3. The van der Waals surface area contributed by atoms with E-state index in [2.05, 4.69) is 171 Å². The van der Waals surface area contributed by atoms with E-state index in [1.165, 1.54) is 55.8 Å². The number of rotatable bonds is 8. The number of para-hydroxylation sites is 1. The molecule has 1 heterocycles. The van der Waals surface area contributed by atoms with E-state index in [1.807, 2.05) is 48.5 Å². The topological polar surface area (TPSA) is 13.1 Å². The van der Waals surface area contributed by atoms with E-state index >= 15 is 0 Å². The van der Waals surface area contributed by atoms with Crippen LogP contribution < -0.4 is 15.9 Å². The quantitative estimate of drug-likeness (QED) is 0.0486.